The third-order valence-corrected chi connectivity index (χ3v) is 9.71. The van der Waals surface area contributed by atoms with E-state index in [0.29, 0.717) is 12.8 Å². The lowest BCUT2D eigenvalue weighted by Gasteiger charge is -2.40. The summed E-state index contributed by atoms with van der Waals surface area (Å²) in [5, 5.41) is 53.6. The van der Waals surface area contributed by atoms with Crippen LogP contribution in [0.1, 0.15) is 181 Å². The summed E-state index contributed by atoms with van der Waals surface area (Å²) in [7, 11) is 0. The SMILES string of the molecule is CCCCCCCCCCCCCCCCCCCCCCCC(O)C(COC1OC(CO)C(O)C(O)C1O)NC(=O)CCCCC. The second-order valence-corrected chi connectivity index (χ2v) is 14.1. The average Bonchev–Trinajstić information content (AvgIpc) is 3.07. The first kappa shape index (κ1) is 44.2. The third-order valence-electron chi connectivity index (χ3n) is 9.71. The molecule has 9 nitrogen and oxygen atoms in total. The predicted molar refractivity (Wildman–Crippen MR) is 189 cm³/mol. The molecule has 280 valence electrons. The molecule has 0 radical (unpaired) electrons. The number of hydrogen-bond donors (Lipinski definition) is 6. The van der Waals surface area contributed by atoms with Gasteiger partial charge in [-0.3, -0.25) is 4.79 Å². The minimum Gasteiger partial charge on any atom is -0.394 e. The van der Waals surface area contributed by atoms with Crippen LogP contribution in [0.4, 0.5) is 0 Å². The number of carbonyl (C=O) groups is 1. The molecule has 1 heterocycles. The molecule has 1 fully saturated rings. The maximum Gasteiger partial charge on any atom is 0.220 e. The van der Waals surface area contributed by atoms with Crippen LogP contribution in [-0.2, 0) is 14.3 Å². The van der Waals surface area contributed by atoms with E-state index in [4.69, 9.17) is 9.47 Å². The van der Waals surface area contributed by atoms with E-state index in [1.54, 1.807) is 0 Å². The lowest BCUT2D eigenvalue weighted by Crippen LogP contribution is -2.60. The average molecular weight is 674 g/mol. The fraction of sp³-hybridized carbons (Fsp3) is 0.974. The Kier molecular flexibility index (Phi) is 28.3. The molecule has 1 aliphatic rings. The van der Waals surface area contributed by atoms with Gasteiger partial charge < -0.3 is 40.3 Å². The van der Waals surface area contributed by atoms with E-state index in [1.807, 2.05) is 0 Å². The number of amides is 1. The highest BCUT2D eigenvalue weighted by molar-refractivity contribution is 5.76. The fourth-order valence-corrected chi connectivity index (χ4v) is 6.45. The van der Waals surface area contributed by atoms with Gasteiger partial charge in [0.05, 0.1) is 25.4 Å². The van der Waals surface area contributed by atoms with Crippen molar-refractivity contribution in [1.29, 1.82) is 0 Å². The van der Waals surface area contributed by atoms with E-state index in [-0.39, 0.29) is 12.5 Å². The monoisotopic (exact) mass is 674 g/mol. The highest BCUT2D eigenvalue weighted by Gasteiger charge is 2.44. The first-order valence-electron chi connectivity index (χ1n) is 19.7. The van der Waals surface area contributed by atoms with Gasteiger partial charge in [-0.25, -0.2) is 0 Å². The minimum absolute atomic E-state index is 0.136. The zero-order chi connectivity index (χ0) is 34.5. The van der Waals surface area contributed by atoms with E-state index >= 15 is 0 Å². The number of carbonyl (C=O) groups excluding carboxylic acids is 1. The van der Waals surface area contributed by atoms with Gasteiger partial charge in [-0.1, -0.05) is 162 Å². The second-order valence-electron chi connectivity index (χ2n) is 14.1. The third kappa shape index (κ3) is 21.8. The van der Waals surface area contributed by atoms with Gasteiger partial charge in [0.25, 0.3) is 0 Å². The molecule has 9 heteroatoms. The molecule has 47 heavy (non-hydrogen) atoms. The summed E-state index contributed by atoms with van der Waals surface area (Å²) in [6, 6.07) is -0.707. The standard InChI is InChI=1S/C38H75NO8/c1-3-5-7-8-9-10-11-12-13-14-15-16-17-18-19-20-21-22-23-24-26-27-32(41)31(39-34(42)28-25-6-4-2)30-46-38-37(45)36(44)35(43)33(29-40)47-38/h31-33,35-38,40-41,43-45H,3-30H2,1-2H3,(H,39,42). The topological polar surface area (TPSA) is 149 Å². The first-order chi connectivity index (χ1) is 22.8. The smallest absolute Gasteiger partial charge is 0.220 e. The van der Waals surface area contributed by atoms with Gasteiger partial charge in [-0.15, -0.1) is 0 Å². The van der Waals surface area contributed by atoms with Gasteiger partial charge in [0, 0.05) is 6.42 Å². The molecule has 0 aromatic carbocycles. The molecule has 7 unspecified atom stereocenters. The molecule has 1 rings (SSSR count). The molecule has 0 bridgehead atoms. The number of hydrogen-bond acceptors (Lipinski definition) is 8. The van der Waals surface area contributed by atoms with Crippen molar-refractivity contribution < 1.29 is 39.8 Å². The summed E-state index contributed by atoms with van der Waals surface area (Å²) in [4.78, 5) is 12.5. The van der Waals surface area contributed by atoms with Crippen LogP contribution in [0.25, 0.3) is 0 Å². The second kappa shape index (κ2) is 30.1. The largest absolute Gasteiger partial charge is 0.394 e. The van der Waals surface area contributed by atoms with Crippen LogP contribution in [-0.4, -0.2) is 87.5 Å². The molecule has 0 spiro atoms. The molecule has 1 amide bonds. The van der Waals surface area contributed by atoms with Crippen molar-refractivity contribution in [3.63, 3.8) is 0 Å². The maximum absolute atomic E-state index is 12.5. The van der Waals surface area contributed by atoms with Crippen molar-refractivity contribution in [3.8, 4) is 0 Å². The summed E-state index contributed by atoms with van der Waals surface area (Å²) < 4.78 is 11.1. The van der Waals surface area contributed by atoms with Gasteiger partial charge in [0.15, 0.2) is 6.29 Å². The minimum atomic E-state index is -1.54. The van der Waals surface area contributed by atoms with E-state index < -0.39 is 49.5 Å². The Morgan fingerprint density at radius 2 is 1.06 bits per heavy atom. The molecule has 1 aliphatic heterocycles. The van der Waals surface area contributed by atoms with Gasteiger partial charge in [0.1, 0.15) is 24.4 Å². The number of aliphatic hydroxyl groups excluding tert-OH is 5. The van der Waals surface area contributed by atoms with E-state index in [0.717, 1.165) is 38.5 Å². The van der Waals surface area contributed by atoms with Gasteiger partial charge in [-0.2, -0.15) is 0 Å². The highest BCUT2D eigenvalue weighted by Crippen LogP contribution is 2.23. The predicted octanol–water partition coefficient (Wildman–Crippen LogP) is 6.83. The lowest BCUT2D eigenvalue weighted by atomic mass is 9.99. The summed E-state index contributed by atoms with van der Waals surface area (Å²) in [6.07, 6.45) is 23.5. The van der Waals surface area contributed by atoms with E-state index in [1.165, 1.54) is 116 Å². The van der Waals surface area contributed by atoms with Crippen molar-refractivity contribution in [2.45, 2.75) is 224 Å². The van der Waals surface area contributed by atoms with Gasteiger partial charge in [-0.05, 0) is 12.8 Å². The molecule has 0 saturated carbocycles. The Morgan fingerprint density at radius 1 is 0.638 bits per heavy atom. The maximum atomic E-state index is 12.5. The number of rotatable bonds is 32. The molecule has 0 aromatic rings. The zero-order valence-electron chi connectivity index (χ0n) is 30.3. The molecule has 6 N–H and O–H groups in total. The van der Waals surface area contributed by atoms with Crippen LogP contribution in [0.5, 0.6) is 0 Å². The summed E-state index contributed by atoms with van der Waals surface area (Å²) in [5.41, 5.74) is 0. The highest BCUT2D eigenvalue weighted by atomic mass is 16.7. The van der Waals surface area contributed by atoms with Crippen LogP contribution < -0.4 is 5.32 Å². The molecular weight excluding hydrogens is 598 g/mol. The zero-order valence-corrected chi connectivity index (χ0v) is 30.3. The van der Waals surface area contributed by atoms with Crippen LogP contribution >= 0.6 is 0 Å². The normalized spacial score (nSPS) is 22.7. The first-order valence-corrected chi connectivity index (χ1v) is 19.7. The van der Waals surface area contributed by atoms with Gasteiger partial charge in [0.2, 0.25) is 5.91 Å². The van der Waals surface area contributed by atoms with E-state index in [9.17, 15) is 30.3 Å². The summed E-state index contributed by atoms with van der Waals surface area (Å²) >= 11 is 0. The fourth-order valence-electron chi connectivity index (χ4n) is 6.45. The Labute approximate surface area is 287 Å². The van der Waals surface area contributed by atoms with Crippen molar-refractivity contribution >= 4 is 5.91 Å². The lowest BCUT2D eigenvalue weighted by molar-refractivity contribution is -0.302. The number of aliphatic hydroxyl groups is 5. The quantitative estimate of drug-likeness (QED) is 0.0426. The summed E-state index contributed by atoms with van der Waals surface area (Å²) in [5.74, 6) is -0.168. The van der Waals surface area contributed by atoms with Crippen LogP contribution in [0.3, 0.4) is 0 Å². The molecule has 1 saturated heterocycles. The Morgan fingerprint density at radius 3 is 1.51 bits per heavy atom. The number of nitrogens with one attached hydrogen (secondary N) is 1. The summed E-state index contributed by atoms with van der Waals surface area (Å²) in [6.45, 7) is 3.66. The molecule has 0 aliphatic carbocycles. The Hall–Kier alpha value is -0.810. The van der Waals surface area contributed by atoms with Crippen LogP contribution in [0, 0.1) is 0 Å². The van der Waals surface area contributed by atoms with Crippen molar-refractivity contribution in [3.05, 3.63) is 0 Å². The molecule has 7 atom stereocenters. The van der Waals surface area contributed by atoms with Crippen molar-refractivity contribution in [1.82, 2.24) is 5.32 Å². The number of ether oxygens (including phenoxy) is 2. The van der Waals surface area contributed by atoms with Crippen molar-refractivity contribution in [2.24, 2.45) is 0 Å². The Bertz CT molecular complexity index is 711. The molecular formula is C38H75NO8. The van der Waals surface area contributed by atoms with E-state index in [2.05, 4.69) is 19.2 Å². The molecule has 0 aromatic heterocycles. The van der Waals surface area contributed by atoms with Gasteiger partial charge >= 0.3 is 0 Å². The van der Waals surface area contributed by atoms with Crippen LogP contribution in [0.15, 0.2) is 0 Å². The van der Waals surface area contributed by atoms with Crippen LogP contribution in [0.2, 0.25) is 0 Å². The number of unbranched alkanes of at least 4 members (excludes halogenated alkanes) is 22. The Balaban J connectivity index is 2.17. The van der Waals surface area contributed by atoms with Crippen molar-refractivity contribution in [2.75, 3.05) is 13.2 Å².